The summed E-state index contributed by atoms with van der Waals surface area (Å²) in [6.07, 6.45) is 2.31. The van der Waals surface area contributed by atoms with Crippen molar-refractivity contribution in [3.8, 4) is 0 Å². The molecule has 108 valence electrons. The molecular formula is C12H21N3O4. The number of carbonyl (C=O) groups excluding carboxylic acids is 2. The number of ether oxygens (including phenoxy) is 2. The number of nitrogens with zero attached hydrogens (tertiary/aromatic N) is 1. The molecule has 1 rings (SSSR count). The minimum Gasteiger partial charge on any atom is -0.376 e. The van der Waals surface area contributed by atoms with E-state index in [1.807, 2.05) is 0 Å². The van der Waals surface area contributed by atoms with Crippen molar-refractivity contribution < 1.29 is 19.1 Å². The smallest absolute Gasteiger partial charge is 0.266 e. The van der Waals surface area contributed by atoms with Gasteiger partial charge >= 0.3 is 0 Å². The summed E-state index contributed by atoms with van der Waals surface area (Å²) in [6, 6.07) is 0. The van der Waals surface area contributed by atoms with Gasteiger partial charge in [-0.1, -0.05) is 0 Å². The Morgan fingerprint density at radius 3 is 2.84 bits per heavy atom. The fourth-order valence-corrected chi connectivity index (χ4v) is 1.69. The van der Waals surface area contributed by atoms with Crippen molar-refractivity contribution in [3.63, 3.8) is 0 Å². The van der Waals surface area contributed by atoms with Crippen molar-refractivity contribution in [3.05, 3.63) is 0 Å². The van der Waals surface area contributed by atoms with Crippen molar-refractivity contribution in [2.24, 2.45) is 5.10 Å². The van der Waals surface area contributed by atoms with Gasteiger partial charge in [0, 0.05) is 26.0 Å². The van der Waals surface area contributed by atoms with Crippen LogP contribution in [0.2, 0.25) is 0 Å². The largest absolute Gasteiger partial charge is 0.376 e. The molecule has 0 aliphatic carbocycles. The zero-order valence-corrected chi connectivity index (χ0v) is 11.4. The quantitative estimate of drug-likeness (QED) is 0.496. The molecule has 7 nitrogen and oxygen atoms in total. The number of hydrogen-bond acceptors (Lipinski definition) is 5. The van der Waals surface area contributed by atoms with Crippen LogP contribution in [0.4, 0.5) is 0 Å². The molecule has 7 heteroatoms. The third-order valence-electron chi connectivity index (χ3n) is 2.61. The van der Waals surface area contributed by atoms with Gasteiger partial charge in [0.25, 0.3) is 5.91 Å². The van der Waals surface area contributed by atoms with Crippen molar-refractivity contribution in [2.75, 3.05) is 26.9 Å². The average Bonchev–Trinajstić information content (AvgIpc) is 2.87. The standard InChI is InChI=1S/C12H21N3O4/c1-9(14-15-12(17)8-18-2)6-11(16)13-7-10-4-3-5-19-10/h10H,3-8H2,1-2H3,(H,13,16)(H,15,17)/b14-9-/t10-/m1/s1. The topological polar surface area (TPSA) is 89.0 Å². The Labute approximate surface area is 112 Å². The number of nitrogens with one attached hydrogen (secondary N) is 2. The zero-order chi connectivity index (χ0) is 14.1. The maximum Gasteiger partial charge on any atom is 0.266 e. The number of methoxy groups -OCH3 is 1. The van der Waals surface area contributed by atoms with Gasteiger partial charge in [0.05, 0.1) is 12.5 Å². The molecule has 2 amide bonds. The number of amides is 2. The minimum absolute atomic E-state index is 0.0536. The van der Waals surface area contributed by atoms with Crippen LogP contribution in [0.25, 0.3) is 0 Å². The van der Waals surface area contributed by atoms with E-state index in [0.717, 1.165) is 19.4 Å². The monoisotopic (exact) mass is 271 g/mol. The summed E-state index contributed by atoms with van der Waals surface area (Å²) in [5.74, 6) is -0.473. The Morgan fingerprint density at radius 2 is 2.21 bits per heavy atom. The summed E-state index contributed by atoms with van der Waals surface area (Å²) in [4.78, 5) is 22.7. The van der Waals surface area contributed by atoms with E-state index in [1.165, 1.54) is 7.11 Å². The van der Waals surface area contributed by atoms with E-state index < -0.39 is 0 Å². The van der Waals surface area contributed by atoms with Gasteiger partial charge in [0.2, 0.25) is 5.91 Å². The highest BCUT2D eigenvalue weighted by Crippen LogP contribution is 2.10. The van der Waals surface area contributed by atoms with E-state index >= 15 is 0 Å². The molecule has 0 radical (unpaired) electrons. The van der Waals surface area contributed by atoms with E-state index in [9.17, 15) is 9.59 Å². The average molecular weight is 271 g/mol. The van der Waals surface area contributed by atoms with Crippen LogP contribution in [0, 0.1) is 0 Å². The highest BCUT2D eigenvalue weighted by Gasteiger charge is 2.16. The summed E-state index contributed by atoms with van der Waals surface area (Å²) in [6.45, 7) is 2.93. The van der Waals surface area contributed by atoms with Crippen LogP contribution in [-0.4, -0.2) is 50.5 Å². The van der Waals surface area contributed by atoms with E-state index in [4.69, 9.17) is 4.74 Å². The minimum atomic E-state index is -0.346. The van der Waals surface area contributed by atoms with E-state index in [0.29, 0.717) is 12.3 Å². The molecule has 1 fully saturated rings. The summed E-state index contributed by atoms with van der Waals surface area (Å²) in [7, 11) is 1.43. The lowest BCUT2D eigenvalue weighted by atomic mass is 10.2. The highest BCUT2D eigenvalue weighted by molar-refractivity contribution is 6.00. The number of carbonyl (C=O) groups is 2. The van der Waals surface area contributed by atoms with Gasteiger partial charge < -0.3 is 14.8 Å². The Morgan fingerprint density at radius 1 is 1.42 bits per heavy atom. The van der Waals surface area contributed by atoms with E-state index in [1.54, 1.807) is 6.92 Å². The second-order valence-corrected chi connectivity index (χ2v) is 4.43. The zero-order valence-electron chi connectivity index (χ0n) is 11.4. The van der Waals surface area contributed by atoms with E-state index in [2.05, 4.69) is 20.6 Å². The molecule has 1 heterocycles. The first-order chi connectivity index (χ1) is 9.11. The second kappa shape index (κ2) is 8.60. The predicted molar refractivity (Wildman–Crippen MR) is 69.7 cm³/mol. The van der Waals surface area contributed by atoms with Crippen LogP contribution in [0.15, 0.2) is 5.10 Å². The third-order valence-corrected chi connectivity index (χ3v) is 2.61. The van der Waals surface area contributed by atoms with E-state index in [-0.39, 0.29) is 30.9 Å². The van der Waals surface area contributed by atoms with Gasteiger partial charge in [-0.3, -0.25) is 9.59 Å². The molecule has 1 atom stereocenters. The second-order valence-electron chi connectivity index (χ2n) is 4.43. The summed E-state index contributed by atoms with van der Waals surface area (Å²) >= 11 is 0. The lowest BCUT2D eigenvalue weighted by Gasteiger charge is -2.10. The first-order valence-electron chi connectivity index (χ1n) is 6.31. The fourth-order valence-electron chi connectivity index (χ4n) is 1.69. The molecule has 19 heavy (non-hydrogen) atoms. The lowest BCUT2D eigenvalue weighted by molar-refractivity contribution is -0.125. The maximum absolute atomic E-state index is 11.6. The van der Waals surface area contributed by atoms with Crippen molar-refractivity contribution in [2.45, 2.75) is 32.3 Å². The van der Waals surface area contributed by atoms with Crippen molar-refractivity contribution >= 4 is 17.5 Å². The Balaban J connectivity index is 2.18. The Bertz CT molecular complexity index is 338. The van der Waals surface area contributed by atoms with Gasteiger partial charge in [-0.25, -0.2) is 5.43 Å². The van der Waals surface area contributed by atoms with Crippen molar-refractivity contribution in [1.29, 1.82) is 0 Å². The first-order valence-corrected chi connectivity index (χ1v) is 6.31. The van der Waals surface area contributed by atoms with Crippen LogP contribution in [0.1, 0.15) is 26.2 Å². The third kappa shape index (κ3) is 6.88. The molecule has 0 aromatic heterocycles. The van der Waals surface area contributed by atoms with Gasteiger partial charge in [0.15, 0.2) is 0 Å². The van der Waals surface area contributed by atoms with Crippen LogP contribution >= 0.6 is 0 Å². The molecular weight excluding hydrogens is 250 g/mol. The molecule has 0 unspecified atom stereocenters. The SMILES string of the molecule is COCC(=O)N/N=C(/C)CC(=O)NC[C@H]1CCCO1. The normalized spacial score (nSPS) is 19.3. The molecule has 0 spiro atoms. The maximum atomic E-state index is 11.6. The molecule has 1 aliphatic heterocycles. The summed E-state index contributed by atoms with van der Waals surface area (Å²) in [5.41, 5.74) is 2.84. The molecule has 0 aromatic rings. The van der Waals surface area contributed by atoms with Gasteiger partial charge in [-0.2, -0.15) is 5.10 Å². The van der Waals surface area contributed by atoms with Crippen LogP contribution in [-0.2, 0) is 19.1 Å². The molecule has 2 N–H and O–H groups in total. The lowest BCUT2D eigenvalue weighted by Crippen LogP contribution is -2.33. The molecule has 0 saturated carbocycles. The van der Waals surface area contributed by atoms with Crippen molar-refractivity contribution in [1.82, 2.24) is 10.7 Å². The van der Waals surface area contributed by atoms with Crippen LogP contribution in [0.5, 0.6) is 0 Å². The number of hydrogen-bond donors (Lipinski definition) is 2. The number of rotatable bonds is 7. The Hall–Kier alpha value is -1.47. The highest BCUT2D eigenvalue weighted by atomic mass is 16.5. The summed E-state index contributed by atoms with van der Waals surface area (Å²) < 4.78 is 10.0. The summed E-state index contributed by atoms with van der Waals surface area (Å²) in [5, 5.41) is 6.59. The first kappa shape index (κ1) is 15.6. The molecule has 1 aliphatic rings. The van der Waals surface area contributed by atoms with Crippen LogP contribution < -0.4 is 10.7 Å². The van der Waals surface area contributed by atoms with Gasteiger partial charge in [-0.05, 0) is 19.8 Å². The fraction of sp³-hybridized carbons (Fsp3) is 0.750. The van der Waals surface area contributed by atoms with Gasteiger partial charge in [0.1, 0.15) is 6.61 Å². The predicted octanol–water partition coefficient (Wildman–Crippen LogP) is -0.190. The Kier molecular flexibility index (Phi) is 7.06. The van der Waals surface area contributed by atoms with Crippen LogP contribution in [0.3, 0.4) is 0 Å². The molecule has 1 saturated heterocycles. The molecule has 0 bridgehead atoms. The molecule has 0 aromatic carbocycles. The number of hydrazone groups is 1. The van der Waals surface area contributed by atoms with Gasteiger partial charge in [-0.15, -0.1) is 0 Å².